The largest absolute Gasteiger partial charge is 0.372 e. The second-order valence-corrected chi connectivity index (χ2v) is 10.6. The van der Waals surface area contributed by atoms with Gasteiger partial charge in [0.25, 0.3) is 0 Å². The Balaban J connectivity index is 1.14. The summed E-state index contributed by atoms with van der Waals surface area (Å²) in [5.41, 5.74) is 3.30. The van der Waals surface area contributed by atoms with Crippen LogP contribution in [0, 0.1) is 11.8 Å². The lowest BCUT2D eigenvalue weighted by Crippen LogP contribution is -2.58. The van der Waals surface area contributed by atoms with Crippen LogP contribution < -0.4 is 4.90 Å². The van der Waals surface area contributed by atoms with Gasteiger partial charge in [0.2, 0.25) is 0 Å². The number of piperidine rings is 1. The van der Waals surface area contributed by atoms with E-state index in [9.17, 15) is 0 Å². The van der Waals surface area contributed by atoms with Crippen molar-refractivity contribution in [2.45, 2.75) is 44.8 Å². The highest BCUT2D eigenvalue weighted by atomic mass is 35.5. The monoisotopic (exact) mass is 532 g/mol. The summed E-state index contributed by atoms with van der Waals surface area (Å²) in [6, 6.07) is 11.7. The molecule has 38 heavy (non-hydrogen) atoms. The molecule has 7 nitrogen and oxygen atoms in total. The Morgan fingerprint density at radius 2 is 1.92 bits per heavy atom. The molecular weight excluding hydrogens is 496 g/mol. The van der Waals surface area contributed by atoms with Crippen molar-refractivity contribution < 1.29 is 4.74 Å². The van der Waals surface area contributed by atoms with E-state index in [0.717, 1.165) is 68.5 Å². The number of nitrogens with one attached hydrogen (secondary N) is 1. The Morgan fingerprint density at radius 3 is 2.61 bits per heavy atom. The number of methoxy groups -OCH3 is 1. The van der Waals surface area contributed by atoms with E-state index in [2.05, 4.69) is 67.7 Å². The van der Waals surface area contributed by atoms with Crippen LogP contribution in [0.2, 0.25) is 5.02 Å². The zero-order chi connectivity index (χ0) is 26.3. The highest BCUT2D eigenvalue weighted by molar-refractivity contribution is 6.33. The third-order valence-corrected chi connectivity index (χ3v) is 8.01. The first-order chi connectivity index (χ1) is 18.6. The number of anilines is 1. The maximum atomic E-state index is 6.70. The van der Waals surface area contributed by atoms with Gasteiger partial charge < -0.3 is 14.6 Å². The molecular formula is C30H37ClN6O. The molecule has 0 unspecified atom stereocenters. The molecule has 1 N–H and O–H groups in total. The fraction of sp³-hybridized carbons (Fsp3) is 0.467. The smallest absolute Gasteiger partial charge is 0.147 e. The minimum absolute atomic E-state index is 0.467. The predicted octanol–water partition coefficient (Wildman–Crippen LogP) is 4.69. The molecule has 0 aliphatic carbocycles. The third kappa shape index (κ3) is 6.39. The predicted molar refractivity (Wildman–Crippen MR) is 153 cm³/mol. The topological polar surface area (TPSA) is 60.5 Å². The summed E-state index contributed by atoms with van der Waals surface area (Å²) >= 11 is 6.70. The molecule has 0 radical (unpaired) electrons. The van der Waals surface area contributed by atoms with Crippen molar-refractivity contribution in [3.05, 3.63) is 65.1 Å². The molecule has 1 aromatic carbocycles. The van der Waals surface area contributed by atoms with Crippen LogP contribution in [0.4, 0.5) is 5.82 Å². The van der Waals surface area contributed by atoms with Gasteiger partial charge in [0.15, 0.2) is 0 Å². The van der Waals surface area contributed by atoms with E-state index in [1.54, 1.807) is 13.3 Å². The number of hydrogen-bond acceptors (Lipinski definition) is 6. The van der Waals surface area contributed by atoms with Crippen molar-refractivity contribution in [2.75, 3.05) is 51.3 Å². The van der Waals surface area contributed by atoms with Crippen LogP contribution >= 0.6 is 11.6 Å². The number of aromatic amines is 1. The lowest BCUT2D eigenvalue weighted by molar-refractivity contribution is 0.0610. The van der Waals surface area contributed by atoms with Crippen LogP contribution in [0.25, 0.3) is 11.4 Å². The van der Waals surface area contributed by atoms with E-state index in [4.69, 9.17) is 21.3 Å². The molecule has 200 valence electrons. The average molecular weight is 533 g/mol. The molecule has 2 saturated heterocycles. The summed E-state index contributed by atoms with van der Waals surface area (Å²) in [5, 5.41) is 0.686. The van der Waals surface area contributed by atoms with E-state index in [1.165, 1.54) is 18.4 Å². The highest BCUT2D eigenvalue weighted by Gasteiger charge is 2.34. The maximum absolute atomic E-state index is 6.70. The van der Waals surface area contributed by atoms with Gasteiger partial charge >= 0.3 is 0 Å². The van der Waals surface area contributed by atoms with Crippen molar-refractivity contribution in [1.82, 2.24) is 24.8 Å². The van der Waals surface area contributed by atoms with Gasteiger partial charge in [0, 0.05) is 75.1 Å². The van der Waals surface area contributed by atoms with Crippen LogP contribution in [0.5, 0.6) is 0 Å². The van der Waals surface area contributed by atoms with E-state index in [1.807, 2.05) is 18.5 Å². The molecule has 2 aliphatic heterocycles. The highest BCUT2D eigenvalue weighted by Crippen LogP contribution is 2.31. The van der Waals surface area contributed by atoms with Gasteiger partial charge in [-0.15, -0.1) is 0 Å². The zero-order valence-corrected chi connectivity index (χ0v) is 23.1. The molecule has 0 saturated carbocycles. The summed E-state index contributed by atoms with van der Waals surface area (Å²) in [6.45, 7) is 9.00. The Kier molecular flexibility index (Phi) is 8.98. The fourth-order valence-electron chi connectivity index (χ4n) is 5.69. The Labute approximate surface area is 231 Å². The second kappa shape index (κ2) is 12.8. The Morgan fingerprint density at radius 1 is 1.11 bits per heavy atom. The number of hydrogen-bond donors (Lipinski definition) is 1. The van der Waals surface area contributed by atoms with Gasteiger partial charge in [-0.1, -0.05) is 42.5 Å². The van der Waals surface area contributed by atoms with Crippen LogP contribution in [0.15, 0.2) is 48.9 Å². The molecule has 3 aromatic rings. The SMILES string of the molecule is CC[C@H]1CN(c2ncc(-c3ncc[nH]3)cc2Cl)CCN1C1CCN(Cc2ccc(C#CCOC)cc2)CC1. The number of likely N-dealkylation sites (tertiary alicyclic amines) is 1. The molecule has 2 aromatic heterocycles. The number of halogens is 1. The standard InChI is InChI=1S/C30H37ClN6O/c1-3-26-22-36(30-28(31)19-25(20-34-30)29-32-12-13-33-29)16-17-37(26)27-10-14-35(15-11-27)21-24-8-6-23(7-9-24)5-4-18-38-2/h6-9,12-13,19-20,26-27H,3,10-11,14-18,21-22H2,1-2H3,(H,32,33)/t26-/m0/s1. The third-order valence-electron chi connectivity index (χ3n) is 7.73. The quantitative estimate of drug-likeness (QED) is 0.446. The van der Waals surface area contributed by atoms with Gasteiger partial charge in [-0.2, -0.15) is 0 Å². The summed E-state index contributed by atoms with van der Waals surface area (Å²) in [7, 11) is 1.67. The summed E-state index contributed by atoms with van der Waals surface area (Å²) in [5.74, 6) is 7.82. The Bertz CT molecular complexity index is 1230. The van der Waals surface area contributed by atoms with E-state index in [0.29, 0.717) is 23.7 Å². The molecule has 2 aliphatic rings. The lowest BCUT2D eigenvalue weighted by atomic mass is 9.97. The summed E-state index contributed by atoms with van der Waals surface area (Å²) in [6.07, 6.45) is 8.97. The minimum Gasteiger partial charge on any atom is -0.372 e. The van der Waals surface area contributed by atoms with Crippen molar-refractivity contribution in [2.24, 2.45) is 0 Å². The normalized spacial score (nSPS) is 19.3. The zero-order valence-electron chi connectivity index (χ0n) is 22.4. The first kappa shape index (κ1) is 26.7. The van der Waals surface area contributed by atoms with Gasteiger partial charge in [0.05, 0.1) is 5.02 Å². The van der Waals surface area contributed by atoms with E-state index in [-0.39, 0.29) is 0 Å². The fourth-order valence-corrected chi connectivity index (χ4v) is 5.98. The van der Waals surface area contributed by atoms with Crippen LogP contribution in [-0.2, 0) is 11.3 Å². The molecule has 4 heterocycles. The number of pyridine rings is 1. The van der Waals surface area contributed by atoms with Gasteiger partial charge in [0.1, 0.15) is 18.2 Å². The number of benzene rings is 1. The second-order valence-electron chi connectivity index (χ2n) is 10.2. The lowest BCUT2D eigenvalue weighted by Gasteiger charge is -2.47. The van der Waals surface area contributed by atoms with Crippen molar-refractivity contribution >= 4 is 17.4 Å². The van der Waals surface area contributed by atoms with Gasteiger partial charge in [-0.05, 0) is 56.1 Å². The first-order valence-corrected chi connectivity index (χ1v) is 14.0. The minimum atomic E-state index is 0.467. The van der Waals surface area contributed by atoms with Crippen molar-refractivity contribution in [1.29, 1.82) is 0 Å². The molecule has 0 spiro atoms. The van der Waals surface area contributed by atoms with Crippen molar-refractivity contribution in [3.63, 3.8) is 0 Å². The van der Waals surface area contributed by atoms with Crippen molar-refractivity contribution in [3.8, 4) is 23.2 Å². The molecule has 5 rings (SSSR count). The maximum Gasteiger partial charge on any atom is 0.147 e. The molecule has 2 fully saturated rings. The van der Waals surface area contributed by atoms with Crippen LogP contribution in [0.1, 0.15) is 37.3 Å². The van der Waals surface area contributed by atoms with E-state index >= 15 is 0 Å². The Hall–Kier alpha value is -2.89. The summed E-state index contributed by atoms with van der Waals surface area (Å²) in [4.78, 5) is 19.9. The molecule has 0 amide bonds. The van der Waals surface area contributed by atoms with E-state index < -0.39 is 0 Å². The van der Waals surface area contributed by atoms with Gasteiger partial charge in [-0.25, -0.2) is 9.97 Å². The first-order valence-electron chi connectivity index (χ1n) is 13.6. The number of ether oxygens (including phenoxy) is 1. The number of aromatic nitrogens is 3. The molecule has 8 heteroatoms. The molecule has 1 atom stereocenters. The van der Waals surface area contributed by atoms with Crippen LogP contribution in [-0.4, -0.2) is 83.3 Å². The number of imidazole rings is 1. The number of H-pyrrole nitrogens is 1. The summed E-state index contributed by atoms with van der Waals surface area (Å²) < 4.78 is 5.00. The van der Waals surface area contributed by atoms with Crippen LogP contribution in [0.3, 0.4) is 0 Å². The number of rotatable bonds is 7. The number of nitrogens with zero attached hydrogens (tertiary/aromatic N) is 5. The average Bonchev–Trinajstić information content (AvgIpc) is 3.50. The number of piperazine rings is 1. The molecule has 0 bridgehead atoms. The van der Waals surface area contributed by atoms with Gasteiger partial charge in [-0.3, -0.25) is 9.80 Å².